The normalized spacial score (nSPS) is 16.8. The van der Waals surface area contributed by atoms with Crippen molar-refractivity contribution in [3.63, 3.8) is 0 Å². The van der Waals surface area contributed by atoms with E-state index in [0.717, 1.165) is 12.3 Å². The molecule has 1 fully saturated rings. The van der Waals surface area contributed by atoms with E-state index < -0.39 is 0 Å². The summed E-state index contributed by atoms with van der Waals surface area (Å²) in [5, 5.41) is 0.0416. The SMILES string of the molecule is COc1ccc(C(=O)N2CCS[C@@H]2c2ccc(C)cc2C)c(OC)c1. The van der Waals surface area contributed by atoms with Crippen LogP contribution in [0.1, 0.15) is 32.4 Å². The number of nitrogens with zero attached hydrogens (tertiary/aromatic N) is 1. The molecule has 2 aromatic carbocycles. The number of rotatable bonds is 4. The average molecular weight is 357 g/mol. The minimum Gasteiger partial charge on any atom is -0.497 e. The molecule has 132 valence electrons. The molecule has 1 amide bonds. The fourth-order valence-electron chi connectivity index (χ4n) is 3.17. The molecule has 0 aliphatic carbocycles. The predicted octanol–water partition coefficient (Wildman–Crippen LogP) is 4.21. The molecule has 0 radical (unpaired) electrons. The van der Waals surface area contributed by atoms with Crippen LogP contribution >= 0.6 is 11.8 Å². The number of methoxy groups -OCH3 is 2. The van der Waals surface area contributed by atoms with Crippen molar-refractivity contribution in [2.75, 3.05) is 26.5 Å². The quantitative estimate of drug-likeness (QED) is 0.822. The maximum Gasteiger partial charge on any atom is 0.258 e. The summed E-state index contributed by atoms with van der Waals surface area (Å²) in [6.45, 7) is 4.93. The van der Waals surface area contributed by atoms with Crippen LogP contribution in [0.3, 0.4) is 0 Å². The Bertz CT molecular complexity index is 791. The van der Waals surface area contributed by atoms with Crippen LogP contribution in [0, 0.1) is 13.8 Å². The first-order chi connectivity index (χ1) is 12.0. The lowest BCUT2D eigenvalue weighted by molar-refractivity contribution is 0.0756. The molecule has 3 rings (SSSR count). The largest absolute Gasteiger partial charge is 0.497 e. The van der Waals surface area contributed by atoms with E-state index in [1.54, 1.807) is 32.4 Å². The van der Waals surface area contributed by atoms with Gasteiger partial charge in [0.25, 0.3) is 5.91 Å². The van der Waals surface area contributed by atoms with E-state index in [-0.39, 0.29) is 11.3 Å². The average Bonchev–Trinajstić information content (AvgIpc) is 3.09. The Labute approximate surface area is 153 Å². The van der Waals surface area contributed by atoms with Gasteiger partial charge in [-0.1, -0.05) is 23.8 Å². The van der Waals surface area contributed by atoms with Gasteiger partial charge in [0.2, 0.25) is 0 Å². The number of carbonyl (C=O) groups excluding carboxylic acids is 1. The topological polar surface area (TPSA) is 38.8 Å². The van der Waals surface area contributed by atoms with Crippen molar-refractivity contribution in [2.45, 2.75) is 19.2 Å². The molecular formula is C20H23NO3S. The number of carbonyl (C=O) groups is 1. The first-order valence-corrected chi connectivity index (χ1v) is 9.31. The van der Waals surface area contributed by atoms with Crippen molar-refractivity contribution in [3.05, 3.63) is 58.7 Å². The van der Waals surface area contributed by atoms with E-state index in [2.05, 4.69) is 32.0 Å². The van der Waals surface area contributed by atoms with Gasteiger partial charge in [0.15, 0.2) is 0 Å². The van der Waals surface area contributed by atoms with Crippen LogP contribution in [0.4, 0.5) is 0 Å². The van der Waals surface area contributed by atoms with Gasteiger partial charge >= 0.3 is 0 Å². The molecule has 2 aromatic rings. The van der Waals surface area contributed by atoms with Gasteiger partial charge < -0.3 is 14.4 Å². The van der Waals surface area contributed by atoms with E-state index in [0.29, 0.717) is 17.1 Å². The van der Waals surface area contributed by atoms with Gasteiger partial charge in [-0.05, 0) is 37.1 Å². The second-order valence-corrected chi connectivity index (χ2v) is 7.34. The smallest absolute Gasteiger partial charge is 0.258 e. The number of hydrogen-bond donors (Lipinski definition) is 0. The Balaban J connectivity index is 1.93. The third-order valence-corrected chi connectivity index (χ3v) is 5.72. The van der Waals surface area contributed by atoms with Crippen LogP contribution in [0.15, 0.2) is 36.4 Å². The summed E-state index contributed by atoms with van der Waals surface area (Å²) in [5.41, 5.74) is 4.23. The van der Waals surface area contributed by atoms with E-state index in [1.807, 2.05) is 16.7 Å². The van der Waals surface area contributed by atoms with Crippen molar-refractivity contribution >= 4 is 17.7 Å². The van der Waals surface area contributed by atoms with Gasteiger partial charge in [0.1, 0.15) is 16.9 Å². The Morgan fingerprint density at radius 3 is 2.60 bits per heavy atom. The highest BCUT2D eigenvalue weighted by atomic mass is 32.2. The van der Waals surface area contributed by atoms with Crippen molar-refractivity contribution < 1.29 is 14.3 Å². The third kappa shape index (κ3) is 3.47. The highest BCUT2D eigenvalue weighted by Gasteiger charge is 2.33. The second-order valence-electron chi connectivity index (χ2n) is 6.15. The molecule has 0 spiro atoms. The number of benzene rings is 2. The predicted molar refractivity (Wildman–Crippen MR) is 102 cm³/mol. The number of hydrogen-bond acceptors (Lipinski definition) is 4. The molecule has 0 N–H and O–H groups in total. The summed E-state index contributed by atoms with van der Waals surface area (Å²) in [4.78, 5) is 15.1. The lowest BCUT2D eigenvalue weighted by Gasteiger charge is -2.26. The number of aryl methyl sites for hydroxylation is 2. The van der Waals surface area contributed by atoms with Crippen LogP contribution in [0.5, 0.6) is 11.5 Å². The van der Waals surface area contributed by atoms with Crippen molar-refractivity contribution in [2.24, 2.45) is 0 Å². The van der Waals surface area contributed by atoms with E-state index in [4.69, 9.17) is 9.47 Å². The summed E-state index contributed by atoms with van der Waals surface area (Å²) in [6, 6.07) is 11.7. The van der Waals surface area contributed by atoms with E-state index in [1.165, 1.54) is 16.7 Å². The van der Waals surface area contributed by atoms with Crippen LogP contribution < -0.4 is 9.47 Å². The summed E-state index contributed by atoms with van der Waals surface area (Å²) in [7, 11) is 3.18. The summed E-state index contributed by atoms with van der Waals surface area (Å²) in [5.74, 6) is 2.15. The van der Waals surface area contributed by atoms with Crippen molar-refractivity contribution in [1.82, 2.24) is 4.90 Å². The molecule has 0 aromatic heterocycles. The Hall–Kier alpha value is -2.14. The molecule has 1 aliphatic rings. The maximum absolute atomic E-state index is 13.2. The summed E-state index contributed by atoms with van der Waals surface area (Å²) >= 11 is 1.81. The van der Waals surface area contributed by atoms with Crippen LogP contribution in [0.2, 0.25) is 0 Å². The zero-order valence-corrected chi connectivity index (χ0v) is 15.9. The summed E-state index contributed by atoms with van der Waals surface area (Å²) < 4.78 is 10.6. The number of amides is 1. The van der Waals surface area contributed by atoms with Crippen LogP contribution in [-0.4, -0.2) is 37.3 Å². The zero-order chi connectivity index (χ0) is 18.0. The minimum atomic E-state index is -0.00511. The third-order valence-electron chi connectivity index (χ3n) is 4.48. The molecular weight excluding hydrogens is 334 g/mol. The van der Waals surface area contributed by atoms with Gasteiger partial charge in [-0.15, -0.1) is 11.8 Å². The summed E-state index contributed by atoms with van der Waals surface area (Å²) in [6.07, 6.45) is 0. The number of thioether (sulfide) groups is 1. The van der Waals surface area contributed by atoms with Gasteiger partial charge in [-0.2, -0.15) is 0 Å². The maximum atomic E-state index is 13.2. The van der Waals surface area contributed by atoms with E-state index >= 15 is 0 Å². The highest BCUT2D eigenvalue weighted by Crippen LogP contribution is 2.41. The van der Waals surface area contributed by atoms with Crippen LogP contribution in [-0.2, 0) is 0 Å². The monoisotopic (exact) mass is 357 g/mol. The van der Waals surface area contributed by atoms with Gasteiger partial charge in [0, 0.05) is 18.4 Å². The molecule has 1 saturated heterocycles. The Morgan fingerprint density at radius 2 is 1.92 bits per heavy atom. The molecule has 5 heteroatoms. The molecule has 1 atom stereocenters. The van der Waals surface area contributed by atoms with E-state index in [9.17, 15) is 4.79 Å². The highest BCUT2D eigenvalue weighted by molar-refractivity contribution is 7.99. The first kappa shape index (κ1) is 17.7. The van der Waals surface area contributed by atoms with Crippen LogP contribution in [0.25, 0.3) is 0 Å². The molecule has 1 heterocycles. The van der Waals surface area contributed by atoms with Crippen molar-refractivity contribution in [1.29, 1.82) is 0 Å². The molecule has 1 aliphatic heterocycles. The van der Waals surface area contributed by atoms with Gasteiger partial charge in [-0.25, -0.2) is 0 Å². The van der Waals surface area contributed by atoms with Crippen molar-refractivity contribution in [3.8, 4) is 11.5 Å². The molecule has 25 heavy (non-hydrogen) atoms. The fraction of sp³-hybridized carbons (Fsp3) is 0.350. The zero-order valence-electron chi connectivity index (χ0n) is 15.0. The molecule has 0 saturated carbocycles. The molecule has 4 nitrogen and oxygen atoms in total. The Morgan fingerprint density at radius 1 is 1.12 bits per heavy atom. The fourth-order valence-corrected chi connectivity index (χ4v) is 4.52. The second kappa shape index (κ2) is 7.40. The lowest BCUT2D eigenvalue weighted by Crippen LogP contribution is -2.31. The minimum absolute atomic E-state index is 0.00511. The standard InChI is InChI=1S/C20H23NO3S/c1-13-5-7-16(14(2)11-13)20-21(9-10-25-20)19(22)17-8-6-15(23-3)12-18(17)24-4/h5-8,11-12,20H,9-10H2,1-4H3/t20-/m1/s1. The van der Waals surface area contributed by atoms with Gasteiger partial charge in [-0.3, -0.25) is 4.79 Å². The number of ether oxygens (including phenoxy) is 2. The molecule has 0 unspecified atom stereocenters. The Kier molecular flexibility index (Phi) is 5.23. The lowest BCUT2D eigenvalue weighted by atomic mass is 10.0. The van der Waals surface area contributed by atoms with Gasteiger partial charge in [0.05, 0.1) is 19.8 Å². The first-order valence-electron chi connectivity index (χ1n) is 8.27. The molecule has 0 bridgehead atoms.